The molecule has 0 radical (unpaired) electrons. The molecular weight excluding hydrogens is 317 g/mol. The Morgan fingerprint density at radius 2 is 1.79 bits per heavy atom. The molecule has 0 aliphatic carbocycles. The minimum absolute atomic E-state index is 0.0830. The van der Waals surface area contributed by atoms with Crippen LogP contribution in [0.1, 0.15) is 30.2 Å². The molecule has 1 atom stereocenters. The third-order valence-electron chi connectivity index (χ3n) is 4.35. The number of halogens is 3. The molecule has 1 N–H and O–H groups in total. The SMILES string of the molecule is FC(F)(F)CN1CCC(NC(c2ccccc2)c2ccco2)CC1. The molecule has 1 aliphatic rings. The van der Waals surface area contributed by atoms with Crippen molar-refractivity contribution in [1.82, 2.24) is 10.2 Å². The molecule has 24 heavy (non-hydrogen) atoms. The van der Waals surface area contributed by atoms with Crippen molar-refractivity contribution >= 4 is 0 Å². The fraction of sp³-hybridized carbons (Fsp3) is 0.444. The summed E-state index contributed by atoms with van der Waals surface area (Å²) in [4.78, 5) is 1.47. The highest BCUT2D eigenvalue weighted by atomic mass is 19.4. The van der Waals surface area contributed by atoms with Crippen LogP contribution < -0.4 is 5.32 Å². The van der Waals surface area contributed by atoms with E-state index in [1.54, 1.807) is 6.26 Å². The molecule has 3 rings (SSSR count). The molecule has 1 unspecified atom stereocenters. The third kappa shape index (κ3) is 4.61. The van der Waals surface area contributed by atoms with Gasteiger partial charge in [-0.1, -0.05) is 30.3 Å². The molecule has 1 saturated heterocycles. The molecule has 3 nitrogen and oxygen atoms in total. The Labute approximate surface area is 139 Å². The molecule has 0 saturated carbocycles. The molecule has 1 aromatic carbocycles. The maximum Gasteiger partial charge on any atom is 0.401 e. The first-order valence-electron chi connectivity index (χ1n) is 8.15. The quantitative estimate of drug-likeness (QED) is 0.894. The number of alkyl halides is 3. The van der Waals surface area contributed by atoms with Crippen LogP contribution in [0.4, 0.5) is 13.2 Å². The molecule has 0 amide bonds. The summed E-state index contributed by atoms with van der Waals surface area (Å²) >= 11 is 0. The zero-order valence-electron chi connectivity index (χ0n) is 13.3. The van der Waals surface area contributed by atoms with Gasteiger partial charge >= 0.3 is 6.18 Å². The Kier molecular flexibility index (Phi) is 5.26. The highest BCUT2D eigenvalue weighted by Gasteiger charge is 2.33. The number of nitrogens with zero attached hydrogens (tertiary/aromatic N) is 1. The smallest absolute Gasteiger partial charge is 0.401 e. The maximum absolute atomic E-state index is 12.5. The lowest BCUT2D eigenvalue weighted by molar-refractivity contribution is -0.148. The molecule has 130 valence electrons. The fourth-order valence-corrected chi connectivity index (χ4v) is 3.19. The van der Waals surface area contributed by atoms with Gasteiger partial charge in [-0.05, 0) is 43.6 Å². The Morgan fingerprint density at radius 3 is 2.38 bits per heavy atom. The molecule has 2 heterocycles. The fourth-order valence-electron chi connectivity index (χ4n) is 3.19. The van der Waals surface area contributed by atoms with E-state index in [0.29, 0.717) is 25.9 Å². The van der Waals surface area contributed by atoms with E-state index in [4.69, 9.17) is 4.42 Å². The second-order valence-electron chi connectivity index (χ2n) is 6.19. The Balaban J connectivity index is 1.63. The van der Waals surface area contributed by atoms with Gasteiger partial charge < -0.3 is 9.73 Å². The number of hydrogen-bond acceptors (Lipinski definition) is 3. The van der Waals surface area contributed by atoms with Gasteiger partial charge in [-0.2, -0.15) is 13.2 Å². The van der Waals surface area contributed by atoms with E-state index < -0.39 is 12.7 Å². The number of piperidine rings is 1. The zero-order valence-corrected chi connectivity index (χ0v) is 13.3. The summed E-state index contributed by atoms with van der Waals surface area (Å²) in [7, 11) is 0. The van der Waals surface area contributed by atoms with Crippen molar-refractivity contribution < 1.29 is 17.6 Å². The van der Waals surface area contributed by atoms with Gasteiger partial charge in [0.1, 0.15) is 5.76 Å². The molecule has 1 aromatic heterocycles. The van der Waals surface area contributed by atoms with Crippen LogP contribution in [0.3, 0.4) is 0 Å². The molecule has 0 spiro atoms. The molecule has 2 aromatic rings. The molecule has 0 bridgehead atoms. The topological polar surface area (TPSA) is 28.4 Å². The second-order valence-corrected chi connectivity index (χ2v) is 6.19. The average molecular weight is 338 g/mol. The number of hydrogen-bond donors (Lipinski definition) is 1. The van der Waals surface area contributed by atoms with E-state index in [0.717, 1.165) is 11.3 Å². The van der Waals surface area contributed by atoms with Crippen molar-refractivity contribution in [2.24, 2.45) is 0 Å². The van der Waals surface area contributed by atoms with E-state index in [9.17, 15) is 13.2 Å². The van der Waals surface area contributed by atoms with Crippen LogP contribution in [-0.4, -0.2) is 36.8 Å². The minimum Gasteiger partial charge on any atom is -0.467 e. The van der Waals surface area contributed by atoms with Crippen LogP contribution in [0, 0.1) is 0 Å². The summed E-state index contributed by atoms with van der Waals surface area (Å²) in [5.74, 6) is 0.818. The van der Waals surface area contributed by atoms with Gasteiger partial charge in [-0.3, -0.25) is 4.90 Å². The first kappa shape index (κ1) is 17.0. The molecule has 6 heteroatoms. The summed E-state index contributed by atoms with van der Waals surface area (Å²) in [6.07, 6.45) is -1.10. The van der Waals surface area contributed by atoms with E-state index in [1.165, 1.54) is 4.90 Å². The van der Waals surface area contributed by atoms with Crippen molar-refractivity contribution in [3.05, 3.63) is 60.1 Å². The molecule has 1 fully saturated rings. The molecule has 1 aliphatic heterocycles. The van der Waals surface area contributed by atoms with Crippen molar-refractivity contribution in [1.29, 1.82) is 0 Å². The zero-order chi connectivity index (χ0) is 17.0. The normalized spacial score (nSPS) is 18.6. The van der Waals surface area contributed by atoms with Crippen LogP contribution in [0.25, 0.3) is 0 Å². The van der Waals surface area contributed by atoms with Crippen molar-refractivity contribution in [3.8, 4) is 0 Å². The number of likely N-dealkylation sites (tertiary alicyclic amines) is 1. The van der Waals surface area contributed by atoms with Gasteiger partial charge in [-0.15, -0.1) is 0 Å². The second kappa shape index (κ2) is 7.40. The predicted octanol–water partition coefficient (Wildman–Crippen LogP) is 3.99. The van der Waals surface area contributed by atoms with E-state index in [1.807, 2.05) is 42.5 Å². The maximum atomic E-state index is 12.5. The lowest BCUT2D eigenvalue weighted by Crippen LogP contribution is -2.46. The van der Waals surface area contributed by atoms with E-state index in [-0.39, 0.29) is 12.1 Å². The standard InChI is InChI=1S/C18H21F3N2O/c19-18(20,21)13-23-10-8-15(9-11-23)22-17(16-7-4-12-24-16)14-5-2-1-3-6-14/h1-7,12,15,17,22H,8-11,13H2. The number of furan rings is 1. The van der Waals surface area contributed by atoms with Gasteiger partial charge in [-0.25, -0.2) is 0 Å². The highest BCUT2D eigenvalue weighted by Crippen LogP contribution is 2.26. The third-order valence-corrected chi connectivity index (χ3v) is 4.35. The minimum atomic E-state index is -4.12. The van der Waals surface area contributed by atoms with Crippen LogP contribution in [-0.2, 0) is 0 Å². The van der Waals surface area contributed by atoms with Crippen LogP contribution >= 0.6 is 0 Å². The number of nitrogens with one attached hydrogen (secondary N) is 1. The van der Waals surface area contributed by atoms with Gasteiger partial charge in [0.15, 0.2) is 0 Å². The Hall–Kier alpha value is -1.79. The number of rotatable bonds is 5. The summed E-state index contributed by atoms with van der Waals surface area (Å²) < 4.78 is 43.0. The summed E-state index contributed by atoms with van der Waals surface area (Å²) in [6.45, 7) is 0.0910. The first-order valence-corrected chi connectivity index (χ1v) is 8.15. The Morgan fingerprint density at radius 1 is 1.08 bits per heavy atom. The summed E-state index contributed by atoms with van der Waals surface area (Å²) in [6, 6.07) is 13.8. The highest BCUT2D eigenvalue weighted by molar-refractivity contribution is 5.26. The van der Waals surface area contributed by atoms with Crippen molar-refractivity contribution in [2.45, 2.75) is 31.1 Å². The summed E-state index contributed by atoms with van der Waals surface area (Å²) in [5.41, 5.74) is 1.09. The lowest BCUT2D eigenvalue weighted by Gasteiger charge is -2.34. The largest absolute Gasteiger partial charge is 0.467 e. The monoisotopic (exact) mass is 338 g/mol. The van der Waals surface area contributed by atoms with E-state index >= 15 is 0 Å². The first-order chi connectivity index (χ1) is 11.5. The van der Waals surface area contributed by atoms with Crippen LogP contribution in [0.5, 0.6) is 0 Å². The van der Waals surface area contributed by atoms with E-state index in [2.05, 4.69) is 5.32 Å². The van der Waals surface area contributed by atoms with Crippen LogP contribution in [0.2, 0.25) is 0 Å². The molecular formula is C18H21F3N2O. The average Bonchev–Trinajstić information content (AvgIpc) is 3.08. The summed E-state index contributed by atoms with van der Waals surface area (Å²) in [5, 5.41) is 3.56. The van der Waals surface area contributed by atoms with Crippen molar-refractivity contribution in [2.75, 3.05) is 19.6 Å². The van der Waals surface area contributed by atoms with Gasteiger partial charge in [0.25, 0.3) is 0 Å². The van der Waals surface area contributed by atoms with Gasteiger partial charge in [0, 0.05) is 6.04 Å². The number of benzene rings is 1. The van der Waals surface area contributed by atoms with Crippen LogP contribution in [0.15, 0.2) is 53.1 Å². The van der Waals surface area contributed by atoms with Crippen molar-refractivity contribution in [3.63, 3.8) is 0 Å². The predicted molar refractivity (Wildman–Crippen MR) is 85.6 cm³/mol. The lowest BCUT2D eigenvalue weighted by atomic mass is 9.99. The van der Waals surface area contributed by atoms with Gasteiger partial charge in [0.05, 0.1) is 18.8 Å². The Bertz CT molecular complexity index is 605. The van der Waals surface area contributed by atoms with Gasteiger partial charge in [0.2, 0.25) is 0 Å².